The van der Waals surface area contributed by atoms with Gasteiger partial charge < -0.3 is 5.11 Å². The lowest BCUT2D eigenvalue weighted by Crippen LogP contribution is -2.54. The van der Waals surface area contributed by atoms with Crippen molar-refractivity contribution in [3.8, 4) is 0 Å². The van der Waals surface area contributed by atoms with E-state index < -0.39 is 23.2 Å². The third-order valence-corrected chi connectivity index (χ3v) is 2.67. The van der Waals surface area contributed by atoms with Gasteiger partial charge in [-0.2, -0.15) is 0 Å². The van der Waals surface area contributed by atoms with Crippen LogP contribution < -0.4 is 17.1 Å². The van der Waals surface area contributed by atoms with Gasteiger partial charge in [0, 0.05) is 7.05 Å². The fourth-order valence-corrected chi connectivity index (χ4v) is 1.53. The summed E-state index contributed by atoms with van der Waals surface area (Å²) < 4.78 is 2.60. The summed E-state index contributed by atoms with van der Waals surface area (Å²) in [4.78, 5) is 35.5. The van der Waals surface area contributed by atoms with Crippen LogP contribution in [0.25, 0.3) is 0 Å². The van der Waals surface area contributed by atoms with Crippen LogP contribution in [0.15, 0.2) is 27.0 Å². The molecule has 0 aromatic carbocycles. The normalized spacial score (nSPS) is 12.4. The van der Waals surface area contributed by atoms with Crippen LogP contribution in [0.4, 0.5) is 0 Å². The van der Waals surface area contributed by atoms with Gasteiger partial charge in [-0.3, -0.25) is 0 Å². The molecule has 7 nitrogen and oxygen atoms in total. The quantitative estimate of drug-likeness (QED) is 0.660. The molecule has 0 bridgehead atoms. The van der Waals surface area contributed by atoms with Crippen LogP contribution in [-0.2, 0) is 20.1 Å². The minimum Gasteiger partial charge on any atom is -0.391 e. The lowest BCUT2D eigenvalue weighted by Gasteiger charge is -2.12. The number of aliphatic hydroxyl groups is 1. The monoisotopic (exact) mass is 255 g/mol. The summed E-state index contributed by atoms with van der Waals surface area (Å²) in [6, 6.07) is 0. The van der Waals surface area contributed by atoms with Gasteiger partial charge in [0.25, 0.3) is 0 Å². The van der Waals surface area contributed by atoms with E-state index in [1.807, 2.05) is 0 Å². The SMILES string of the molecule is C=CCn1c(=O)n(C)c(=O)n(CC(O)CC)c1=O. The molecule has 7 heteroatoms. The van der Waals surface area contributed by atoms with Crippen molar-refractivity contribution in [1.29, 1.82) is 0 Å². The second kappa shape index (κ2) is 5.63. The van der Waals surface area contributed by atoms with Gasteiger partial charge in [-0.05, 0) is 6.42 Å². The number of aliphatic hydroxyl groups excluding tert-OH is 1. The molecule has 0 aliphatic carbocycles. The Labute approximate surface area is 103 Å². The summed E-state index contributed by atoms with van der Waals surface area (Å²) in [7, 11) is 1.29. The molecule has 0 aliphatic rings. The van der Waals surface area contributed by atoms with Crippen LogP contribution >= 0.6 is 0 Å². The molecule has 0 spiro atoms. The van der Waals surface area contributed by atoms with Gasteiger partial charge in [0.05, 0.1) is 19.2 Å². The Kier molecular flexibility index (Phi) is 4.43. The maximum atomic E-state index is 12.0. The van der Waals surface area contributed by atoms with Crippen molar-refractivity contribution >= 4 is 0 Å². The van der Waals surface area contributed by atoms with Crippen LogP contribution in [-0.4, -0.2) is 24.9 Å². The van der Waals surface area contributed by atoms with Crippen molar-refractivity contribution in [3.63, 3.8) is 0 Å². The molecule has 0 saturated heterocycles. The van der Waals surface area contributed by atoms with Crippen molar-refractivity contribution < 1.29 is 5.11 Å². The van der Waals surface area contributed by atoms with Crippen LogP contribution in [0.5, 0.6) is 0 Å². The molecule has 1 unspecified atom stereocenters. The Bertz CT molecular complexity index is 608. The molecular formula is C11H17N3O4. The molecule has 1 heterocycles. The minimum atomic E-state index is -0.801. The summed E-state index contributed by atoms with van der Waals surface area (Å²) in [5.41, 5.74) is -2.14. The lowest BCUT2D eigenvalue weighted by molar-refractivity contribution is 0.144. The van der Waals surface area contributed by atoms with Crippen molar-refractivity contribution in [2.45, 2.75) is 32.5 Å². The van der Waals surface area contributed by atoms with E-state index in [4.69, 9.17) is 0 Å². The van der Waals surface area contributed by atoms with Gasteiger partial charge >= 0.3 is 17.1 Å². The Morgan fingerprint density at radius 3 is 2.28 bits per heavy atom. The third-order valence-electron chi connectivity index (χ3n) is 2.67. The highest BCUT2D eigenvalue weighted by molar-refractivity contribution is 4.81. The van der Waals surface area contributed by atoms with E-state index >= 15 is 0 Å². The predicted molar refractivity (Wildman–Crippen MR) is 66.7 cm³/mol. The van der Waals surface area contributed by atoms with Crippen molar-refractivity contribution in [1.82, 2.24) is 13.7 Å². The molecule has 1 aromatic rings. The van der Waals surface area contributed by atoms with Gasteiger partial charge in [0.15, 0.2) is 0 Å². The summed E-state index contributed by atoms with van der Waals surface area (Å²) in [6.45, 7) is 5.08. The molecular weight excluding hydrogens is 238 g/mol. The zero-order chi connectivity index (χ0) is 13.9. The second-order valence-corrected chi connectivity index (χ2v) is 3.98. The lowest BCUT2D eigenvalue weighted by atomic mass is 10.3. The molecule has 100 valence electrons. The summed E-state index contributed by atoms with van der Waals surface area (Å²) >= 11 is 0. The predicted octanol–water partition coefficient (Wildman–Crippen LogP) is -1.33. The summed E-state index contributed by atoms with van der Waals surface area (Å²) in [5, 5.41) is 9.53. The number of rotatable bonds is 5. The van der Waals surface area contributed by atoms with E-state index in [9.17, 15) is 19.5 Å². The number of nitrogens with zero attached hydrogens (tertiary/aromatic N) is 3. The summed E-state index contributed by atoms with van der Waals surface area (Å²) in [5.74, 6) is 0. The first kappa shape index (κ1) is 14.2. The fourth-order valence-electron chi connectivity index (χ4n) is 1.53. The van der Waals surface area contributed by atoms with E-state index in [0.717, 1.165) is 13.7 Å². The van der Waals surface area contributed by atoms with E-state index in [1.54, 1.807) is 6.92 Å². The van der Waals surface area contributed by atoms with Crippen LogP contribution in [0.3, 0.4) is 0 Å². The molecule has 0 aliphatic heterocycles. The number of allylic oxidation sites excluding steroid dienone is 1. The maximum absolute atomic E-state index is 12.0. The fraction of sp³-hybridized carbons (Fsp3) is 0.545. The molecule has 0 fully saturated rings. The molecule has 0 radical (unpaired) electrons. The maximum Gasteiger partial charge on any atom is 0.336 e. The van der Waals surface area contributed by atoms with E-state index in [2.05, 4.69) is 6.58 Å². The minimum absolute atomic E-state index is 0.0218. The van der Waals surface area contributed by atoms with Gasteiger partial charge in [0.2, 0.25) is 0 Å². The molecule has 1 aromatic heterocycles. The third kappa shape index (κ3) is 2.51. The Morgan fingerprint density at radius 2 is 1.78 bits per heavy atom. The van der Waals surface area contributed by atoms with E-state index in [1.165, 1.54) is 13.1 Å². The van der Waals surface area contributed by atoms with E-state index in [-0.39, 0.29) is 13.1 Å². The Balaban J connectivity index is 3.52. The Morgan fingerprint density at radius 1 is 1.22 bits per heavy atom. The highest BCUT2D eigenvalue weighted by atomic mass is 16.3. The zero-order valence-electron chi connectivity index (χ0n) is 10.5. The van der Waals surface area contributed by atoms with Crippen molar-refractivity contribution in [3.05, 3.63) is 44.1 Å². The first-order valence-corrected chi connectivity index (χ1v) is 5.63. The average Bonchev–Trinajstić information content (AvgIpc) is 2.37. The summed E-state index contributed by atoms with van der Waals surface area (Å²) in [6.07, 6.45) is 1.01. The number of hydrogen-bond acceptors (Lipinski definition) is 4. The largest absolute Gasteiger partial charge is 0.391 e. The number of aromatic nitrogens is 3. The average molecular weight is 255 g/mol. The van der Waals surface area contributed by atoms with Gasteiger partial charge in [0.1, 0.15) is 0 Å². The first-order valence-electron chi connectivity index (χ1n) is 5.63. The molecule has 1 atom stereocenters. The van der Waals surface area contributed by atoms with Crippen molar-refractivity contribution in [2.24, 2.45) is 7.05 Å². The van der Waals surface area contributed by atoms with Gasteiger partial charge in [-0.25, -0.2) is 28.1 Å². The number of hydrogen-bond donors (Lipinski definition) is 1. The first-order chi connectivity index (χ1) is 8.43. The molecule has 1 rings (SSSR count). The molecule has 0 saturated carbocycles. The molecule has 0 amide bonds. The highest BCUT2D eigenvalue weighted by Gasteiger charge is 2.14. The second-order valence-electron chi connectivity index (χ2n) is 3.98. The van der Waals surface area contributed by atoms with Crippen LogP contribution in [0.2, 0.25) is 0 Å². The van der Waals surface area contributed by atoms with Crippen LogP contribution in [0, 0.1) is 0 Å². The highest BCUT2D eigenvalue weighted by Crippen LogP contribution is 1.90. The molecule has 1 N–H and O–H groups in total. The topological polar surface area (TPSA) is 86.2 Å². The zero-order valence-corrected chi connectivity index (χ0v) is 10.5. The van der Waals surface area contributed by atoms with Crippen LogP contribution in [0.1, 0.15) is 13.3 Å². The molecule has 18 heavy (non-hydrogen) atoms. The van der Waals surface area contributed by atoms with Gasteiger partial charge in [-0.15, -0.1) is 6.58 Å². The van der Waals surface area contributed by atoms with Gasteiger partial charge in [-0.1, -0.05) is 13.0 Å². The van der Waals surface area contributed by atoms with E-state index in [0.29, 0.717) is 6.42 Å². The smallest absolute Gasteiger partial charge is 0.336 e. The Hall–Kier alpha value is -1.89. The standard InChI is InChI=1S/C11H17N3O4/c1-4-6-13-9(16)12(3)10(17)14(11(13)18)7-8(15)5-2/h4,8,15H,1,5-7H2,2-3H3. The van der Waals surface area contributed by atoms with Crippen molar-refractivity contribution in [2.75, 3.05) is 0 Å².